The number of amides is 1. The predicted molar refractivity (Wildman–Crippen MR) is 140 cm³/mol. The van der Waals surface area contributed by atoms with Gasteiger partial charge < -0.3 is 14.4 Å². The van der Waals surface area contributed by atoms with Crippen LogP contribution in [0, 0.1) is 0 Å². The molecule has 0 saturated carbocycles. The Morgan fingerprint density at radius 2 is 1.89 bits per heavy atom. The van der Waals surface area contributed by atoms with E-state index < -0.39 is 0 Å². The number of pyridine rings is 1. The van der Waals surface area contributed by atoms with Gasteiger partial charge in [0.05, 0.1) is 25.4 Å². The molecule has 2 aromatic carbocycles. The van der Waals surface area contributed by atoms with Gasteiger partial charge in [-0.25, -0.2) is 4.98 Å². The van der Waals surface area contributed by atoms with Crippen LogP contribution < -0.4 is 4.74 Å². The van der Waals surface area contributed by atoms with Gasteiger partial charge in [0.25, 0.3) is 5.91 Å². The first-order chi connectivity index (χ1) is 17.1. The molecule has 1 atom stereocenters. The molecule has 2 heterocycles. The minimum absolute atomic E-state index is 0.0450. The van der Waals surface area contributed by atoms with Gasteiger partial charge in [-0.2, -0.15) is 0 Å². The SMILES string of the molecule is COc1cccc([C@H](CN2CCN(C(=O)c3cccnc3SC)CC2)OCc2cccc(Cl)c2)c1. The minimum Gasteiger partial charge on any atom is -0.497 e. The van der Waals surface area contributed by atoms with Crippen molar-refractivity contribution in [2.45, 2.75) is 17.7 Å². The average Bonchev–Trinajstić information content (AvgIpc) is 2.91. The molecule has 8 heteroatoms. The molecule has 0 N–H and O–H groups in total. The van der Waals surface area contributed by atoms with Gasteiger partial charge in [0.15, 0.2) is 0 Å². The van der Waals surface area contributed by atoms with Crippen molar-refractivity contribution < 1.29 is 14.3 Å². The van der Waals surface area contributed by atoms with Crippen LogP contribution in [0.5, 0.6) is 5.75 Å². The fraction of sp³-hybridized carbons (Fsp3) is 0.333. The number of ether oxygens (including phenoxy) is 2. The molecule has 0 radical (unpaired) electrons. The second-order valence-electron chi connectivity index (χ2n) is 8.36. The lowest BCUT2D eigenvalue weighted by molar-refractivity contribution is 0.00329. The number of carbonyl (C=O) groups is 1. The summed E-state index contributed by atoms with van der Waals surface area (Å²) in [5.41, 5.74) is 2.76. The van der Waals surface area contributed by atoms with Crippen LogP contribution >= 0.6 is 23.4 Å². The van der Waals surface area contributed by atoms with E-state index in [-0.39, 0.29) is 12.0 Å². The van der Waals surface area contributed by atoms with E-state index in [1.54, 1.807) is 13.3 Å². The Bertz CT molecular complexity index is 1140. The van der Waals surface area contributed by atoms with Crippen LogP contribution in [0.25, 0.3) is 0 Å². The van der Waals surface area contributed by atoms with E-state index in [9.17, 15) is 4.79 Å². The monoisotopic (exact) mass is 511 g/mol. The molecule has 1 saturated heterocycles. The third kappa shape index (κ3) is 6.76. The molecule has 1 aliphatic rings. The van der Waals surface area contributed by atoms with Crippen molar-refractivity contribution >= 4 is 29.3 Å². The third-order valence-electron chi connectivity index (χ3n) is 6.08. The van der Waals surface area contributed by atoms with Crippen LogP contribution in [-0.2, 0) is 11.3 Å². The fourth-order valence-electron chi connectivity index (χ4n) is 4.17. The van der Waals surface area contributed by atoms with Gasteiger partial charge in [-0.1, -0.05) is 35.9 Å². The molecule has 35 heavy (non-hydrogen) atoms. The maximum atomic E-state index is 13.1. The van der Waals surface area contributed by atoms with Crippen molar-refractivity contribution in [3.05, 3.63) is 88.6 Å². The number of aromatic nitrogens is 1. The number of piperazine rings is 1. The van der Waals surface area contributed by atoms with Crippen molar-refractivity contribution in [1.29, 1.82) is 0 Å². The van der Waals surface area contributed by atoms with Crippen LogP contribution in [0.2, 0.25) is 5.02 Å². The summed E-state index contributed by atoms with van der Waals surface area (Å²) in [6, 6.07) is 19.4. The molecule has 1 aliphatic heterocycles. The fourth-order valence-corrected chi connectivity index (χ4v) is 4.93. The van der Waals surface area contributed by atoms with Crippen LogP contribution in [0.3, 0.4) is 0 Å². The van der Waals surface area contributed by atoms with Crippen LogP contribution in [-0.4, -0.2) is 66.8 Å². The third-order valence-corrected chi connectivity index (χ3v) is 7.03. The van der Waals surface area contributed by atoms with Gasteiger partial charge in [0.2, 0.25) is 0 Å². The van der Waals surface area contributed by atoms with Gasteiger partial charge in [0.1, 0.15) is 10.8 Å². The highest BCUT2D eigenvalue weighted by molar-refractivity contribution is 7.98. The highest BCUT2D eigenvalue weighted by Gasteiger charge is 2.26. The van der Waals surface area contributed by atoms with Gasteiger partial charge >= 0.3 is 0 Å². The van der Waals surface area contributed by atoms with Crippen molar-refractivity contribution in [3.8, 4) is 5.75 Å². The molecule has 4 rings (SSSR count). The molecule has 0 unspecified atom stereocenters. The lowest BCUT2D eigenvalue weighted by Gasteiger charge is -2.36. The largest absolute Gasteiger partial charge is 0.497 e. The Labute approximate surface area is 216 Å². The maximum Gasteiger partial charge on any atom is 0.256 e. The highest BCUT2D eigenvalue weighted by atomic mass is 35.5. The van der Waals surface area contributed by atoms with Gasteiger partial charge in [-0.3, -0.25) is 9.69 Å². The summed E-state index contributed by atoms with van der Waals surface area (Å²) in [5.74, 6) is 0.846. The topological polar surface area (TPSA) is 54.9 Å². The molecule has 3 aromatic rings. The summed E-state index contributed by atoms with van der Waals surface area (Å²) in [6.07, 6.45) is 3.52. The molecule has 1 amide bonds. The normalized spacial score (nSPS) is 15.1. The Kier molecular flexibility index (Phi) is 9.04. The zero-order chi connectivity index (χ0) is 24.6. The highest BCUT2D eigenvalue weighted by Crippen LogP contribution is 2.26. The first-order valence-electron chi connectivity index (χ1n) is 11.6. The van der Waals surface area contributed by atoms with Crippen LogP contribution in [0.15, 0.2) is 71.9 Å². The molecular weight excluding hydrogens is 482 g/mol. The Morgan fingerprint density at radius 1 is 1.09 bits per heavy atom. The number of rotatable bonds is 9. The quantitative estimate of drug-likeness (QED) is 0.369. The minimum atomic E-state index is -0.146. The molecule has 1 fully saturated rings. The lowest BCUT2D eigenvalue weighted by Crippen LogP contribution is -2.49. The number of thioether (sulfide) groups is 1. The standard InChI is InChI=1S/C27H30ClN3O3S/c1-33-23-9-4-7-21(17-23)25(34-19-20-6-3-8-22(28)16-20)18-30-12-14-31(15-13-30)27(32)24-10-5-11-29-26(24)35-2/h3-11,16-17,25H,12-15,18-19H2,1-2H3/t25-/m0/s1. The van der Waals surface area contributed by atoms with Crippen LogP contribution in [0.4, 0.5) is 0 Å². The predicted octanol–water partition coefficient (Wildman–Crippen LogP) is 5.18. The Balaban J connectivity index is 1.42. The van der Waals surface area contributed by atoms with Gasteiger partial charge in [-0.15, -0.1) is 11.8 Å². The first kappa shape index (κ1) is 25.5. The zero-order valence-corrected chi connectivity index (χ0v) is 21.6. The van der Waals surface area contributed by atoms with Crippen molar-refractivity contribution in [2.75, 3.05) is 46.1 Å². The summed E-state index contributed by atoms with van der Waals surface area (Å²) in [7, 11) is 1.67. The van der Waals surface area contributed by atoms with E-state index in [2.05, 4.69) is 16.0 Å². The summed E-state index contributed by atoms with van der Waals surface area (Å²) in [5, 5.41) is 1.47. The molecule has 0 aliphatic carbocycles. The number of halogens is 1. The summed E-state index contributed by atoms with van der Waals surface area (Å²) in [4.78, 5) is 21.7. The van der Waals surface area contributed by atoms with Gasteiger partial charge in [0, 0.05) is 43.9 Å². The number of methoxy groups -OCH3 is 1. The molecular formula is C27H30ClN3O3S. The lowest BCUT2D eigenvalue weighted by atomic mass is 10.1. The maximum absolute atomic E-state index is 13.1. The number of hydrogen-bond donors (Lipinski definition) is 0. The number of nitrogens with zero attached hydrogens (tertiary/aromatic N) is 3. The molecule has 184 valence electrons. The zero-order valence-electron chi connectivity index (χ0n) is 20.0. The van der Waals surface area contributed by atoms with Crippen LogP contribution in [0.1, 0.15) is 27.6 Å². The molecule has 0 spiro atoms. The number of carbonyl (C=O) groups excluding carboxylic acids is 1. The average molecular weight is 512 g/mol. The molecule has 0 bridgehead atoms. The van der Waals surface area contributed by atoms with E-state index in [0.29, 0.717) is 30.3 Å². The van der Waals surface area contributed by atoms with E-state index in [4.69, 9.17) is 21.1 Å². The van der Waals surface area contributed by atoms with E-state index in [1.807, 2.05) is 65.8 Å². The van der Waals surface area contributed by atoms with Crippen molar-refractivity contribution in [3.63, 3.8) is 0 Å². The Hall–Kier alpha value is -2.58. The van der Waals surface area contributed by atoms with E-state index >= 15 is 0 Å². The van der Waals surface area contributed by atoms with E-state index in [0.717, 1.165) is 41.5 Å². The van der Waals surface area contributed by atoms with Crippen molar-refractivity contribution in [1.82, 2.24) is 14.8 Å². The number of benzene rings is 2. The second-order valence-corrected chi connectivity index (χ2v) is 9.59. The summed E-state index contributed by atoms with van der Waals surface area (Å²) >= 11 is 7.65. The number of hydrogen-bond acceptors (Lipinski definition) is 6. The van der Waals surface area contributed by atoms with E-state index in [1.165, 1.54) is 11.8 Å². The van der Waals surface area contributed by atoms with Crippen molar-refractivity contribution in [2.24, 2.45) is 0 Å². The second kappa shape index (κ2) is 12.4. The Morgan fingerprint density at radius 3 is 2.63 bits per heavy atom. The summed E-state index contributed by atoms with van der Waals surface area (Å²) in [6.45, 7) is 4.07. The smallest absolute Gasteiger partial charge is 0.256 e. The molecule has 1 aromatic heterocycles. The van der Waals surface area contributed by atoms with Gasteiger partial charge in [-0.05, 0) is 53.8 Å². The first-order valence-corrected chi connectivity index (χ1v) is 13.2. The molecule has 6 nitrogen and oxygen atoms in total. The summed E-state index contributed by atoms with van der Waals surface area (Å²) < 4.78 is 11.8.